The fraction of sp³-hybridized carbons (Fsp3) is 1.00. The van der Waals surface area contributed by atoms with E-state index in [0.717, 1.165) is 6.42 Å². The van der Waals surface area contributed by atoms with E-state index in [1.165, 1.54) is 4.31 Å². The Hall–Kier alpha value is 0.120. The van der Waals surface area contributed by atoms with Crippen LogP contribution in [0.2, 0.25) is 0 Å². The topological polar surface area (TPSA) is 49.9 Å². The van der Waals surface area contributed by atoms with Crippen LogP contribution in [0.15, 0.2) is 0 Å². The van der Waals surface area contributed by atoms with Gasteiger partial charge in [0.25, 0.3) is 10.2 Å². The number of nitrogens with zero attached hydrogens (tertiary/aromatic N) is 2. The number of rotatable bonds is 3. The molecule has 0 aromatic carbocycles. The van der Waals surface area contributed by atoms with E-state index in [4.69, 9.17) is 16.3 Å². The van der Waals surface area contributed by atoms with Crippen molar-refractivity contribution in [1.29, 1.82) is 0 Å². The highest BCUT2D eigenvalue weighted by Gasteiger charge is 2.41. The van der Waals surface area contributed by atoms with Crippen molar-refractivity contribution in [3.8, 4) is 0 Å². The van der Waals surface area contributed by atoms with Crippen molar-refractivity contribution in [2.24, 2.45) is 5.92 Å². The minimum atomic E-state index is -3.35. The van der Waals surface area contributed by atoms with Gasteiger partial charge in [0.2, 0.25) is 0 Å². The molecule has 0 saturated carbocycles. The van der Waals surface area contributed by atoms with Crippen LogP contribution in [0, 0.1) is 5.92 Å². The predicted octanol–water partition coefficient (Wildman–Crippen LogP) is 0.513. The lowest BCUT2D eigenvalue weighted by Gasteiger charge is -2.33. The van der Waals surface area contributed by atoms with E-state index in [1.807, 2.05) is 0 Å². The first-order chi connectivity index (χ1) is 8.07. The van der Waals surface area contributed by atoms with Crippen LogP contribution >= 0.6 is 11.6 Å². The molecule has 100 valence electrons. The van der Waals surface area contributed by atoms with Crippen LogP contribution in [0.3, 0.4) is 0 Å². The largest absolute Gasteiger partial charge is 0.379 e. The number of halogens is 1. The number of hydrogen-bond acceptors (Lipinski definition) is 3. The summed E-state index contributed by atoms with van der Waals surface area (Å²) >= 11 is 5.89. The zero-order chi connectivity index (χ0) is 12.5. The lowest BCUT2D eigenvalue weighted by atomic mass is 10.1. The third kappa shape index (κ3) is 2.61. The van der Waals surface area contributed by atoms with Crippen molar-refractivity contribution < 1.29 is 13.2 Å². The summed E-state index contributed by atoms with van der Waals surface area (Å²) in [4.78, 5) is 0. The average molecular weight is 283 g/mol. The van der Waals surface area contributed by atoms with E-state index in [-0.39, 0.29) is 6.04 Å². The van der Waals surface area contributed by atoms with Gasteiger partial charge < -0.3 is 4.74 Å². The van der Waals surface area contributed by atoms with Gasteiger partial charge in [0.05, 0.1) is 13.2 Å². The van der Waals surface area contributed by atoms with Gasteiger partial charge in [-0.2, -0.15) is 17.0 Å². The predicted molar refractivity (Wildman–Crippen MR) is 66.3 cm³/mol. The van der Waals surface area contributed by atoms with E-state index >= 15 is 0 Å². The Morgan fingerprint density at radius 3 is 2.53 bits per heavy atom. The minimum absolute atomic E-state index is 0.0653. The fourth-order valence-electron chi connectivity index (χ4n) is 2.41. The van der Waals surface area contributed by atoms with Crippen molar-refractivity contribution in [3.05, 3.63) is 0 Å². The molecule has 2 unspecified atom stereocenters. The van der Waals surface area contributed by atoms with Crippen LogP contribution in [-0.2, 0) is 14.9 Å². The number of alkyl halides is 1. The zero-order valence-corrected chi connectivity index (χ0v) is 11.6. The Morgan fingerprint density at radius 2 is 1.94 bits per heavy atom. The third-order valence-corrected chi connectivity index (χ3v) is 5.96. The Morgan fingerprint density at radius 1 is 1.29 bits per heavy atom. The molecule has 0 bridgehead atoms. The number of morpholine rings is 1. The number of hydrogen-bond donors (Lipinski definition) is 0. The van der Waals surface area contributed by atoms with Crippen molar-refractivity contribution in [2.45, 2.75) is 19.4 Å². The van der Waals surface area contributed by atoms with Crippen molar-refractivity contribution >= 4 is 21.8 Å². The van der Waals surface area contributed by atoms with E-state index < -0.39 is 10.2 Å². The monoisotopic (exact) mass is 282 g/mol. The van der Waals surface area contributed by atoms with Gasteiger partial charge in [0.1, 0.15) is 0 Å². The third-order valence-electron chi connectivity index (χ3n) is 3.58. The highest BCUT2D eigenvalue weighted by Crippen LogP contribution is 2.29. The van der Waals surface area contributed by atoms with Gasteiger partial charge in [-0.05, 0) is 12.3 Å². The summed E-state index contributed by atoms with van der Waals surface area (Å²) in [5, 5.41) is 0. The van der Waals surface area contributed by atoms with Gasteiger partial charge in [-0.15, -0.1) is 11.6 Å². The van der Waals surface area contributed by atoms with Gasteiger partial charge in [-0.25, -0.2) is 0 Å². The van der Waals surface area contributed by atoms with E-state index in [9.17, 15) is 8.42 Å². The van der Waals surface area contributed by atoms with Crippen molar-refractivity contribution in [2.75, 3.05) is 38.7 Å². The maximum Gasteiger partial charge on any atom is 0.282 e. The first-order valence-corrected chi connectivity index (χ1v) is 7.91. The van der Waals surface area contributed by atoms with Crippen LogP contribution in [0.1, 0.15) is 13.3 Å². The molecule has 5 nitrogen and oxygen atoms in total. The van der Waals surface area contributed by atoms with Gasteiger partial charge in [0.15, 0.2) is 0 Å². The van der Waals surface area contributed by atoms with Crippen molar-refractivity contribution in [1.82, 2.24) is 8.61 Å². The Bertz CT molecular complexity index is 357. The normalized spacial score (nSPS) is 33.1. The Balaban J connectivity index is 2.14. The summed E-state index contributed by atoms with van der Waals surface area (Å²) in [6.07, 6.45) is 0.890. The summed E-state index contributed by atoms with van der Waals surface area (Å²) in [7, 11) is -3.35. The fourth-order valence-corrected chi connectivity index (χ4v) is 4.83. The molecular formula is C10H19ClN2O3S. The van der Waals surface area contributed by atoms with Crippen LogP contribution < -0.4 is 0 Å². The summed E-state index contributed by atoms with van der Waals surface area (Å²) in [6.45, 7) is 4.49. The maximum atomic E-state index is 12.4. The standard InChI is InChI=1S/C10H19ClN2O3S/c1-9-2-3-13(10(9)8-11)17(14,15)12-4-6-16-7-5-12/h9-10H,2-8H2,1H3. The average Bonchev–Trinajstić information content (AvgIpc) is 2.72. The zero-order valence-electron chi connectivity index (χ0n) is 10.0. The molecule has 2 aliphatic heterocycles. The van der Waals surface area contributed by atoms with Gasteiger partial charge >= 0.3 is 0 Å². The molecule has 2 heterocycles. The molecule has 0 aromatic heterocycles. The van der Waals surface area contributed by atoms with Crippen LogP contribution in [0.25, 0.3) is 0 Å². The van der Waals surface area contributed by atoms with E-state index in [2.05, 4.69) is 6.92 Å². The van der Waals surface area contributed by atoms with Gasteiger partial charge in [-0.1, -0.05) is 6.92 Å². The molecule has 7 heteroatoms. The molecule has 17 heavy (non-hydrogen) atoms. The smallest absolute Gasteiger partial charge is 0.282 e. The van der Waals surface area contributed by atoms with Crippen LogP contribution in [0.5, 0.6) is 0 Å². The van der Waals surface area contributed by atoms with E-state index in [0.29, 0.717) is 44.6 Å². The molecule has 2 atom stereocenters. The summed E-state index contributed by atoms with van der Waals surface area (Å²) in [5.41, 5.74) is 0. The molecule has 2 aliphatic rings. The first-order valence-electron chi connectivity index (χ1n) is 5.98. The quantitative estimate of drug-likeness (QED) is 0.709. The summed E-state index contributed by atoms with van der Waals surface area (Å²) in [5.74, 6) is 0.702. The molecule has 0 radical (unpaired) electrons. The van der Waals surface area contributed by atoms with Gasteiger partial charge in [-0.3, -0.25) is 0 Å². The van der Waals surface area contributed by atoms with Crippen LogP contribution in [0.4, 0.5) is 0 Å². The molecule has 0 amide bonds. The van der Waals surface area contributed by atoms with Crippen molar-refractivity contribution in [3.63, 3.8) is 0 Å². The highest BCUT2D eigenvalue weighted by atomic mass is 35.5. The summed E-state index contributed by atoms with van der Waals surface area (Å²) in [6, 6.07) is -0.0653. The molecule has 0 aromatic rings. The van der Waals surface area contributed by atoms with E-state index in [1.54, 1.807) is 4.31 Å². The second-order valence-electron chi connectivity index (χ2n) is 4.62. The Labute approximate surface area is 108 Å². The number of ether oxygens (including phenoxy) is 1. The van der Waals surface area contributed by atoms with Crippen LogP contribution in [-0.4, -0.2) is 61.8 Å². The molecule has 0 spiro atoms. The SMILES string of the molecule is CC1CCN(S(=O)(=O)N2CCOCC2)C1CCl. The van der Waals surface area contributed by atoms with Gasteiger partial charge in [0, 0.05) is 31.6 Å². The first kappa shape index (κ1) is 13.5. The summed E-state index contributed by atoms with van der Waals surface area (Å²) < 4.78 is 33.1. The second kappa shape index (κ2) is 5.40. The lowest BCUT2D eigenvalue weighted by Crippen LogP contribution is -2.51. The highest BCUT2D eigenvalue weighted by molar-refractivity contribution is 7.86. The molecular weight excluding hydrogens is 264 g/mol. The minimum Gasteiger partial charge on any atom is -0.379 e. The maximum absolute atomic E-state index is 12.4. The molecule has 2 saturated heterocycles. The molecule has 0 N–H and O–H groups in total. The second-order valence-corrected chi connectivity index (χ2v) is 6.81. The molecule has 2 rings (SSSR count). The Kier molecular flexibility index (Phi) is 4.31. The molecule has 2 fully saturated rings. The lowest BCUT2D eigenvalue weighted by molar-refractivity contribution is 0.0699. The molecule has 0 aliphatic carbocycles.